The predicted octanol–water partition coefficient (Wildman–Crippen LogP) is 3.68. The zero-order valence-electron chi connectivity index (χ0n) is 14.5. The summed E-state index contributed by atoms with van der Waals surface area (Å²) in [7, 11) is 0. The lowest BCUT2D eigenvalue weighted by molar-refractivity contribution is 0.0623. The van der Waals surface area contributed by atoms with Gasteiger partial charge in [-0.3, -0.25) is 9.69 Å². The number of rotatable bonds is 4. The topological polar surface area (TPSA) is 41.4 Å². The number of hydrogen-bond donors (Lipinski definition) is 0. The summed E-state index contributed by atoms with van der Waals surface area (Å²) in [5, 5.41) is 4.26. The number of para-hydroxylation sites is 1. The molecule has 0 aliphatic carbocycles. The van der Waals surface area contributed by atoms with Gasteiger partial charge < -0.3 is 4.90 Å². The first kappa shape index (κ1) is 18.2. The maximum absolute atomic E-state index is 13.9. The van der Waals surface area contributed by atoms with Gasteiger partial charge in [-0.25, -0.2) is 9.07 Å². The van der Waals surface area contributed by atoms with E-state index in [4.69, 9.17) is 11.6 Å². The molecular weight excluding hydrogens is 387 g/mol. The summed E-state index contributed by atoms with van der Waals surface area (Å²) in [6.07, 6.45) is 1.61. The lowest BCUT2D eigenvalue weighted by atomic mass is 10.2. The average Bonchev–Trinajstić information content (AvgIpc) is 3.31. The van der Waals surface area contributed by atoms with E-state index in [2.05, 4.69) is 10.00 Å². The lowest BCUT2D eigenvalue weighted by Crippen LogP contribution is -2.48. The minimum atomic E-state index is -0.373. The molecule has 27 heavy (non-hydrogen) atoms. The second-order valence-corrected chi connectivity index (χ2v) is 8.17. The molecule has 4 rings (SSSR count). The van der Waals surface area contributed by atoms with Crippen molar-refractivity contribution >= 4 is 28.8 Å². The van der Waals surface area contributed by atoms with Crippen molar-refractivity contribution in [2.45, 2.75) is 6.54 Å². The normalized spacial score (nSPS) is 15.3. The molecule has 3 aromatic rings. The summed E-state index contributed by atoms with van der Waals surface area (Å²) in [5.41, 5.74) is 0.660. The first-order chi connectivity index (χ1) is 13.1. The number of carbonyl (C=O) groups excluding carboxylic acids is 1. The molecule has 3 heterocycles. The van der Waals surface area contributed by atoms with Crippen LogP contribution in [0.1, 0.15) is 15.4 Å². The van der Waals surface area contributed by atoms with Gasteiger partial charge in [0.1, 0.15) is 11.5 Å². The molecule has 5 nitrogen and oxygen atoms in total. The van der Waals surface area contributed by atoms with Crippen molar-refractivity contribution in [1.29, 1.82) is 0 Å². The largest absolute Gasteiger partial charge is 0.335 e. The summed E-state index contributed by atoms with van der Waals surface area (Å²) >= 11 is 7.57. The average molecular weight is 405 g/mol. The van der Waals surface area contributed by atoms with Gasteiger partial charge in [0.15, 0.2) is 5.69 Å². The van der Waals surface area contributed by atoms with Crippen molar-refractivity contribution in [2.75, 3.05) is 26.2 Å². The van der Waals surface area contributed by atoms with Crippen LogP contribution in [-0.4, -0.2) is 51.7 Å². The monoisotopic (exact) mass is 404 g/mol. The van der Waals surface area contributed by atoms with Gasteiger partial charge in [0.25, 0.3) is 5.91 Å². The SMILES string of the molecule is O=C(c1ccn(-c2ccccc2F)n1)N1CCN(Cc2ccc(Cl)s2)CC1. The number of halogens is 2. The van der Waals surface area contributed by atoms with Gasteiger partial charge in [-0.1, -0.05) is 23.7 Å². The second-order valence-electron chi connectivity index (χ2n) is 6.37. The van der Waals surface area contributed by atoms with Crippen molar-refractivity contribution in [3.63, 3.8) is 0 Å². The van der Waals surface area contributed by atoms with Crippen molar-refractivity contribution in [3.05, 3.63) is 69.4 Å². The fourth-order valence-corrected chi connectivity index (χ4v) is 4.27. The molecule has 0 saturated carbocycles. The minimum absolute atomic E-state index is 0.121. The fraction of sp³-hybridized carbons (Fsp3) is 0.263. The summed E-state index contributed by atoms with van der Waals surface area (Å²) in [4.78, 5) is 18.1. The maximum atomic E-state index is 13.9. The van der Waals surface area contributed by atoms with Crippen LogP contribution in [0.25, 0.3) is 5.69 Å². The van der Waals surface area contributed by atoms with Gasteiger partial charge in [0.05, 0.1) is 4.34 Å². The Hall–Kier alpha value is -2.22. The van der Waals surface area contributed by atoms with Gasteiger partial charge in [0, 0.05) is 43.8 Å². The first-order valence-electron chi connectivity index (χ1n) is 8.66. The zero-order valence-corrected chi connectivity index (χ0v) is 16.1. The first-order valence-corrected chi connectivity index (χ1v) is 9.86. The molecule has 140 valence electrons. The second kappa shape index (κ2) is 7.80. The number of nitrogens with zero attached hydrogens (tertiary/aromatic N) is 4. The Morgan fingerprint density at radius 2 is 1.89 bits per heavy atom. The van der Waals surface area contributed by atoms with E-state index < -0.39 is 0 Å². The Labute approximate surface area is 165 Å². The van der Waals surface area contributed by atoms with E-state index in [-0.39, 0.29) is 11.7 Å². The predicted molar refractivity (Wildman–Crippen MR) is 104 cm³/mol. The molecule has 0 N–H and O–H groups in total. The molecule has 1 aliphatic heterocycles. The third-order valence-electron chi connectivity index (χ3n) is 4.58. The Morgan fingerprint density at radius 3 is 2.59 bits per heavy atom. The molecule has 0 atom stereocenters. The third-order valence-corrected chi connectivity index (χ3v) is 5.79. The highest BCUT2D eigenvalue weighted by Gasteiger charge is 2.24. The highest BCUT2D eigenvalue weighted by molar-refractivity contribution is 7.16. The van der Waals surface area contributed by atoms with Gasteiger partial charge in [-0.2, -0.15) is 5.10 Å². The van der Waals surface area contributed by atoms with Crippen LogP contribution in [0.5, 0.6) is 0 Å². The molecule has 8 heteroatoms. The van der Waals surface area contributed by atoms with Crippen LogP contribution >= 0.6 is 22.9 Å². The molecular formula is C19H18ClFN4OS. The molecule has 0 spiro atoms. The number of amides is 1. The van der Waals surface area contributed by atoms with Gasteiger partial charge in [-0.15, -0.1) is 11.3 Å². The van der Waals surface area contributed by atoms with Crippen molar-refractivity contribution in [2.24, 2.45) is 0 Å². The third kappa shape index (κ3) is 4.05. The molecule has 1 fully saturated rings. The minimum Gasteiger partial charge on any atom is -0.335 e. The fourth-order valence-electron chi connectivity index (χ4n) is 3.14. The van der Waals surface area contributed by atoms with E-state index in [1.165, 1.54) is 15.6 Å². The summed E-state index contributed by atoms with van der Waals surface area (Å²) in [5.74, 6) is -0.495. The molecule has 0 bridgehead atoms. The number of benzene rings is 1. The highest BCUT2D eigenvalue weighted by atomic mass is 35.5. The van der Waals surface area contributed by atoms with Crippen LogP contribution in [0.2, 0.25) is 4.34 Å². The molecule has 2 aromatic heterocycles. The number of aromatic nitrogens is 2. The van der Waals surface area contributed by atoms with E-state index in [1.54, 1.807) is 46.7 Å². The quantitative estimate of drug-likeness (QED) is 0.666. The molecule has 0 radical (unpaired) electrons. The van der Waals surface area contributed by atoms with E-state index in [1.807, 2.05) is 12.1 Å². The zero-order chi connectivity index (χ0) is 18.8. The van der Waals surface area contributed by atoms with Crippen LogP contribution in [0.4, 0.5) is 4.39 Å². The van der Waals surface area contributed by atoms with Crippen LogP contribution in [-0.2, 0) is 6.54 Å². The van der Waals surface area contributed by atoms with Crippen molar-refractivity contribution in [3.8, 4) is 5.69 Å². The summed E-state index contributed by atoms with van der Waals surface area (Å²) in [6, 6.07) is 12.0. The Kier molecular flexibility index (Phi) is 5.24. The standard InChI is InChI=1S/C19H18ClFN4OS/c20-18-6-5-14(27-18)13-23-9-11-24(12-10-23)19(26)16-7-8-25(22-16)17-4-2-1-3-15(17)21/h1-8H,9-13H2. The molecule has 1 amide bonds. The molecule has 1 saturated heterocycles. The van der Waals surface area contributed by atoms with Gasteiger partial charge >= 0.3 is 0 Å². The summed E-state index contributed by atoms with van der Waals surface area (Å²) < 4.78 is 16.1. The smallest absolute Gasteiger partial charge is 0.274 e. The van der Waals surface area contributed by atoms with Crippen LogP contribution < -0.4 is 0 Å². The Morgan fingerprint density at radius 1 is 1.11 bits per heavy atom. The Bertz CT molecular complexity index is 949. The summed E-state index contributed by atoms with van der Waals surface area (Å²) in [6.45, 7) is 3.74. The van der Waals surface area contributed by atoms with Crippen LogP contribution in [0.3, 0.4) is 0 Å². The molecule has 1 aromatic carbocycles. The van der Waals surface area contributed by atoms with Crippen molar-refractivity contribution < 1.29 is 9.18 Å². The maximum Gasteiger partial charge on any atom is 0.274 e. The van der Waals surface area contributed by atoms with E-state index >= 15 is 0 Å². The lowest BCUT2D eigenvalue weighted by Gasteiger charge is -2.34. The number of piperazine rings is 1. The number of hydrogen-bond acceptors (Lipinski definition) is 4. The van der Waals surface area contributed by atoms with E-state index in [9.17, 15) is 9.18 Å². The number of thiophene rings is 1. The molecule has 0 unspecified atom stereocenters. The van der Waals surface area contributed by atoms with Crippen LogP contribution in [0.15, 0.2) is 48.7 Å². The van der Waals surface area contributed by atoms with Crippen LogP contribution in [0, 0.1) is 5.82 Å². The Balaban J connectivity index is 1.38. The van der Waals surface area contributed by atoms with Gasteiger partial charge in [-0.05, 0) is 30.3 Å². The number of carbonyl (C=O) groups is 1. The highest BCUT2D eigenvalue weighted by Crippen LogP contribution is 2.23. The van der Waals surface area contributed by atoms with Gasteiger partial charge in [0.2, 0.25) is 0 Å². The van der Waals surface area contributed by atoms with E-state index in [0.717, 1.165) is 24.0 Å². The van der Waals surface area contributed by atoms with Crippen molar-refractivity contribution in [1.82, 2.24) is 19.6 Å². The molecule has 1 aliphatic rings. The van der Waals surface area contributed by atoms with E-state index in [0.29, 0.717) is 24.5 Å².